The fourth-order valence-electron chi connectivity index (χ4n) is 1.89. The molecule has 0 saturated carbocycles. The summed E-state index contributed by atoms with van der Waals surface area (Å²) in [5.41, 5.74) is 2.08. The molecule has 0 bridgehead atoms. The summed E-state index contributed by atoms with van der Waals surface area (Å²) in [6.45, 7) is 5.58. The first kappa shape index (κ1) is 12.1. The van der Waals surface area contributed by atoms with Gasteiger partial charge in [0.25, 0.3) is 0 Å². The maximum absolute atomic E-state index is 5.86. The third-order valence-corrected chi connectivity index (χ3v) is 2.74. The van der Waals surface area contributed by atoms with Crippen molar-refractivity contribution in [3.05, 3.63) is 35.6 Å². The molecule has 0 aliphatic carbocycles. The molecule has 3 heteroatoms. The van der Waals surface area contributed by atoms with Gasteiger partial charge in [0, 0.05) is 24.1 Å². The Morgan fingerprint density at radius 2 is 2.06 bits per heavy atom. The molecule has 0 spiro atoms. The Kier molecular flexibility index (Phi) is 3.82. The average Bonchev–Trinajstić information content (AvgIpc) is 2.66. The van der Waals surface area contributed by atoms with Gasteiger partial charge < -0.3 is 14.5 Å². The summed E-state index contributed by atoms with van der Waals surface area (Å²) in [5.74, 6) is 0.974. The Morgan fingerprint density at radius 3 is 2.76 bits per heavy atom. The van der Waals surface area contributed by atoms with Crippen LogP contribution in [-0.2, 0) is 17.9 Å². The highest BCUT2D eigenvalue weighted by Gasteiger charge is 2.13. The molecule has 2 aromatic rings. The first-order chi connectivity index (χ1) is 8.22. The summed E-state index contributed by atoms with van der Waals surface area (Å²) in [4.78, 5) is 0. The summed E-state index contributed by atoms with van der Waals surface area (Å²) < 4.78 is 11.1. The predicted molar refractivity (Wildman–Crippen MR) is 68.9 cm³/mol. The molecule has 0 radical (unpaired) electrons. The van der Waals surface area contributed by atoms with Gasteiger partial charge in [-0.05, 0) is 6.07 Å². The van der Waals surface area contributed by atoms with Gasteiger partial charge in [0.15, 0.2) is 0 Å². The van der Waals surface area contributed by atoms with Gasteiger partial charge in [0.1, 0.15) is 11.3 Å². The lowest BCUT2D eigenvalue weighted by molar-refractivity contribution is 0.183. The second kappa shape index (κ2) is 5.34. The van der Waals surface area contributed by atoms with Gasteiger partial charge in [0.05, 0.1) is 13.2 Å². The molecule has 1 heterocycles. The van der Waals surface area contributed by atoms with Crippen molar-refractivity contribution in [3.8, 4) is 0 Å². The molecule has 3 nitrogen and oxygen atoms in total. The maximum Gasteiger partial charge on any atom is 0.134 e. The van der Waals surface area contributed by atoms with Crippen LogP contribution in [0.15, 0.2) is 28.7 Å². The van der Waals surface area contributed by atoms with Gasteiger partial charge in [-0.1, -0.05) is 32.0 Å². The van der Waals surface area contributed by atoms with Crippen LogP contribution in [0.3, 0.4) is 0 Å². The van der Waals surface area contributed by atoms with Crippen LogP contribution in [-0.4, -0.2) is 13.2 Å². The molecular weight excluding hydrogens is 214 g/mol. The van der Waals surface area contributed by atoms with Crippen LogP contribution in [0.25, 0.3) is 11.0 Å². The van der Waals surface area contributed by atoms with Crippen molar-refractivity contribution in [1.29, 1.82) is 0 Å². The van der Waals surface area contributed by atoms with E-state index in [0.29, 0.717) is 12.6 Å². The second-order valence-electron chi connectivity index (χ2n) is 4.47. The Hall–Kier alpha value is -1.32. The molecule has 0 amide bonds. The van der Waals surface area contributed by atoms with E-state index in [4.69, 9.17) is 9.15 Å². The topological polar surface area (TPSA) is 34.4 Å². The molecular formula is C14H19NO2. The van der Waals surface area contributed by atoms with Crippen molar-refractivity contribution >= 4 is 11.0 Å². The molecule has 0 fully saturated rings. The van der Waals surface area contributed by atoms with Crippen LogP contribution in [0.4, 0.5) is 0 Å². The Balaban J connectivity index is 2.35. The monoisotopic (exact) mass is 233 g/mol. The average molecular weight is 233 g/mol. The smallest absolute Gasteiger partial charge is 0.134 e. The van der Waals surface area contributed by atoms with Gasteiger partial charge >= 0.3 is 0 Å². The number of fused-ring (bicyclic) bond motifs is 1. The Labute approximate surface area is 102 Å². The molecule has 17 heavy (non-hydrogen) atoms. The molecule has 1 N–H and O–H groups in total. The molecule has 0 aliphatic heterocycles. The van der Waals surface area contributed by atoms with Crippen molar-refractivity contribution in [2.24, 2.45) is 0 Å². The van der Waals surface area contributed by atoms with Crippen LogP contribution in [0.5, 0.6) is 0 Å². The molecule has 92 valence electrons. The summed E-state index contributed by atoms with van der Waals surface area (Å²) in [7, 11) is 1.71. The highest BCUT2D eigenvalue weighted by Crippen LogP contribution is 2.26. The summed E-state index contributed by atoms with van der Waals surface area (Å²) >= 11 is 0. The van der Waals surface area contributed by atoms with Crippen LogP contribution in [0.2, 0.25) is 0 Å². The lowest BCUT2D eigenvalue weighted by Crippen LogP contribution is -2.22. The standard InChI is InChI=1S/C14H19NO2/c1-10(2)15-8-14-12(9-16-3)11-6-4-5-7-13(11)17-14/h4-7,10,15H,8-9H2,1-3H3. The predicted octanol–water partition coefficient (Wildman–Crippen LogP) is 3.08. The van der Waals surface area contributed by atoms with Crippen LogP contribution in [0, 0.1) is 0 Å². The van der Waals surface area contributed by atoms with E-state index in [1.54, 1.807) is 7.11 Å². The van der Waals surface area contributed by atoms with E-state index in [9.17, 15) is 0 Å². The Morgan fingerprint density at radius 1 is 1.29 bits per heavy atom. The fraction of sp³-hybridized carbons (Fsp3) is 0.429. The largest absolute Gasteiger partial charge is 0.459 e. The van der Waals surface area contributed by atoms with E-state index in [1.807, 2.05) is 18.2 Å². The number of ether oxygens (including phenoxy) is 1. The first-order valence-electron chi connectivity index (χ1n) is 5.94. The minimum Gasteiger partial charge on any atom is -0.459 e. The van der Waals surface area contributed by atoms with Gasteiger partial charge in [0.2, 0.25) is 0 Å². The van der Waals surface area contributed by atoms with Gasteiger partial charge in [-0.15, -0.1) is 0 Å². The fourth-order valence-corrected chi connectivity index (χ4v) is 1.89. The summed E-state index contributed by atoms with van der Waals surface area (Å²) in [6.07, 6.45) is 0. The summed E-state index contributed by atoms with van der Waals surface area (Å²) in [6, 6.07) is 8.52. The molecule has 0 saturated heterocycles. The van der Waals surface area contributed by atoms with Crippen molar-refractivity contribution in [2.45, 2.75) is 33.0 Å². The highest BCUT2D eigenvalue weighted by molar-refractivity contribution is 5.82. The zero-order valence-electron chi connectivity index (χ0n) is 10.6. The van der Waals surface area contributed by atoms with Crippen molar-refractivity contribution in [3.63, 3.8) is 0 Å². The minimum atomic E-state index is 0.443. The van der Waals surface area contributed by atoms with Gasteiger partial charge in [-0.25, -0.2) is 0 Å². The van der Waals surface area contributed by atoms with Crippen LogP contribution in [0.1, 0.15) is 25.2 Å². The van der Waals surface area contributed by atoms with Gasteiger partial charge in [-0.2, -0.15) is 0 Å². The molecule has 1 aromatic carbocycles. The molecule has 1 aromatic heterocycles. The van der Waals surface area contributed by atoms with E-state index in [2.05, 4.69) is 25.2 Å². The second-order valence-corrected chi connectivity index (χ2v) is 4.47. The third-order valence-electron chi connectivity index (χ3n) is 2.74. The number of rotatable bonds is 5. The molecule has 2 rings (SSSR count). The SMILES string of the molecule is COCc1c(CNC(C)C)oc2ccccc12. The van der Waals surface area contributed by atoms with Crippen molar-refractivity contribution in [2.75, 3.05) is 7.11 Å². The molecule has 0 aliphatic rings. The quantitative estimate of drug-likeness (QED) is 0.861. The third kappa shape index (κ3) is 2.68. The number of para-hydroxylation sites is 1. The van der Waals surface area contributed by atoms with Crippen molar-refractivity contribution in [1.82, 2.24) is 5.32 Å². The van der Waals surface area contributed by atoms with Crippen molar-refractivity contribution < 1.29 is 9.15 Å². The first-order valence-corrected chi connectivity index (χ1v) is 5.94. The zero-order valence-corrected chi connectivity index (χ0v) is 10.6. The minimum absolute atomic E-state index is 0.443. The van der Waals surface area contributed by atoms with Crippen LogP contribution < -0.4 is 5.32 Å². The Bertz CT molecular complexity index is 488. The van der Waals surface area contributed by atoms with E-state index >= 15 is 0 Å². The zero-order chi connectivity index (χ0) is 12.3. The number of hydrogen-bond donors (Lipinski definition) is 1. The van der Waals surface area contributed by atoms with E-state index in [1.165, 1.54) is 0 Å². The lowest BCUT2D eigenvalue weighted by Gasteiger charge is -2.07. The highest BCUT2D eigenvalue weighted by atomic mass is 16.5. The number of furan rings is 1. The lowest BCUT2D eigenvalue weighted by atomic mass is 10.1. The summed E-state index contributed by atoms with van der Waals surface area (Å²) in [5, 5.41) is 4.52. The number of nitrogens with one attached hydrogen (secondary N) is 1. The number of methoxy groups -OCH3 is 1. The number of hydrogen-bond acceptors (Lipinski definition) is 3. The van der Waals surface area contributed by atoms with E-state index in [0.717, 1.165) is 28.8 Å². The van der Waals surface area contributed by atoms with Gasteiger partial charge in [-0.3, -0.25) is 0 Å². The van der Waals surface area contributed by atoms with E-state index in [-0.39, 0.29) is 0 Å². The normalized spacial score (nSPS) is 11.5. The number of benzene rings is 1. The molecule has 0 unspecified atom stereocenters. The van der Waals surface area contributed by atoms with Crippen LogP contribution >= 0.6 is 0 Å². The molecule has 0 atom stereocenters. The maximum atomic E-state index is 5.86. The van der Waals surface area contributed by atoms with E-state index < -0.39 is 0 Å².